The summed E-state index contributed by atoms with van der Waals surface area (Å²) in [6, 6.07) is 0. The molecule has 1 nitrogen and oxygen atoms in total. The molecule has 0 fully saturated rings. The zero-order valence-electron chi connectivity index (χ0n) is 8.76. The molecule has 0 atom stereocenters. The summed E-state index contributed by atoms with van der Waals surface area (Å²) in [5, 5.41) is 0. The molecule has 0 rings (SSSR count). The molecular formula is C10H21NS. The highest BCUT2D eigenvalue weighted by Gasteiger charge is 2.06. The van der Waals surface area contributed by atoms with Gasteiger partial charge in [0, 0.05) is 19.5 Å². The van der Waals surface area contributed by atoms with E-state index in [-0.39, 0.29) is 0 Å². The number of nitrogens with zero attached hydrogens (tertiary/aromatic N) is 1. The molecule has 0 N–H and O–H groups in total. The van der Waals surface area contributed by atoms with Gasteiger partial charge in [0.2, 0.25) is 0 Å². The second kappa shape index (κ2) is 6.41. The van der Waals surface area contributed by atoms with Gasteiger partial charge in [0.05, 0.1) is 4.99 Å². The predicted molar refractivity (Wildman–Crippen MR) is 59.6 cm³/mol. The van der Waals surface area contributed by atoms with E-state index < -0.39 is 0 Å². The van der Waals surface area contributed by atoms with E-state index in [2.05, 4.69) is 32.7 Å². The average Bonchev–Trinajstić information content (AvgIpc) is 2.03. The maximum absolute atomic E-state index is 5.28. The van der Waals surface area contributed by atoms with Crippen molar-refractivity contribution in [2.24, 2.45) is 5.92 Å². The Morgan fingerprint density at radius 1 is 1.33 bits per heavy atom. The van der Waals surface area contributed by atoms with E-state index in [4.69, 9.17) is 12.2 Å². The largest absolute Gasteiger partial charge is 0.369 e. The highest BCUT2D eigenvalue weighted by molar-refractivity contribution is 7.80. The standard InChI is InChI=1S/C10H21NS/c1-5-6-7-8-11(4)10(12)9(2)3/h9H,5-8H2,1-4H3. The third kappa shape index (κ3) is 4.70. The van der Waals surface area contributed by atoms with E-state index in [0.717, 1.165) is 11.5 Å². The smallest absolute Gasteiger partial charge is 0.0802 e. The molecule has 72 valence electrons. The van der Waals surface area contributed by atoms with Gasteiger partial charge in [-0.3, -0.25) is 0 Å². The van der Waals surface area contributed by atoms with Crippen LogP contribution < -0.4 is 0 Å². The number of hydrogen-bond acceptors (Lipinski definition) is 1. The lowest BCUT2D eigenvalue weighted by molar-refractivity contribution is 0.463. The topological polar surface area (TPSA) is 3.24 Å². The molecule has 0 aliphatic heterocycles. The summed E-state index contributed by atoms with van der Waals surface area (Å²) in [4.78, 5) is 3.29. The van der Waals surface area contributed by atoms with Gasteiger partial charge in [-0.15, -0.1) is 0 Å². The molecule has 0 bridgehead atoms. The van der Waals surface area contributed by atoms with Gasteiger partial charge >= 0.3 is 0 Å². The first kappa shape index (κ1) is 11.9. The van der Waals surface area contributed by atoms with E-state index >= 15 is 0 Å². The van der Waals surface area contributed by atoms with Crippen LogP contribution in [0.15, 0.2) is 0 Å². The lowest BCUT2D eigenvalue weighted by Crippen LogP contribution is -2.29. The lowest BCUT2D eigenvalue weighted by atomic mass is 10.2. The van der Waals surface area contributed by atoms with Gasteiger partial charge < -0.3 is 4.90 Å². The second-order valence-electron chi connectivity index (χ2n) is 3.62. The average molecular weight is 187 g/mol. The second-order valence-corrected chi connectivity index (χ2v) is 4.04. The maximum atomic E-state index is 5.28. The van der Waals surface area contributed by atoms with Crippen LogP contribution in [0.1, 0.15) is 40.0 Å². The Labute approximate surface area is 82.1 Å². The zero-order chi connectivity index (χ0) is 9.56. The fraction of sp³-hybridized carbons (Fsp3) is 0.900. The van der Waals surface area contributed by atoms with Crippen LogP contribution in [0.4, 0.5) is 0 Å². The summed E-state index contributed by atoms with van der Waals surface area (Å²) in [7, 11) is 2.10. The Bertz CT molecular complexity index is 132. The Kier molecular flexibility index (Phi) is 6.35. The maximum Gasteiger partial charge on any atom is 0.0802 e. The fourth-order valence-corrected chi connectivity index (χ4v) is 1.24. The molecule has 12 heavy (non-hydrogen) atoms. The Morgan fingerprint density at radius 3 is 2.33 bits per heavy atom. The summed E-state index contributed by atoms with van der Waals surface area (Å²) in [5.74, 6) is 0.506. The molecule has 0 aromatic heterocycles. The van der Waals surface area contributed by atoms with Crippen LogP contribution in [-0.2, 0) is 0 Å². The van der Waals surface area contributed by atoms with Gasteiger partial charge in [-0.05, 0) is 6.42 Å². The van der Waals surface area contributed by atoms with Crippen molar-refractivity contribution >= 4 is 17.2 Å². The fourth-order valence-electron chi connectivity index (χ4n) is 1.15. The molecule has 0 amide bonds. The number of rotatable bonds is 5. The third-order valence-electron chi connectivity index (χ3n) is 1.97. The van der Waals surface area contributed by atoms with Gasteiger partial charge in [0.25, 0.3) is 0 Å². The first-order valence-corrected chi connectivity index (χ1v) is 5.25. The van der Waals surface area contributed by atoms with Crippen molar-refractivity contribution in [3.05, 3.63) is 0 Å². The molecule has 0 heterocycles. The summed E-state index contributed by atoms with van der Waals surface area (Å²) in [6.45, 7) is 7.64. The van der Waals surface area contributed by atoms with Crippen LogP contribution in [0, 0.1) is 5.92 Å². The van der Waals surface area contributed by atoms with Crippen molar-refractivity contribution in [1.29, 1.82) is 0 Å². The van der Waals surface area contributed by atoms with E-state index in [0.29, 0.717) is 5.92 Å². The summed E-state index contributed by atoms with van der Waals surface area (Å²) in [6.07, 6.45) is 3.85. The zero-order valence-corrected chi connectivity index (χ0v) is 9.58. The Morgan fingerprint density at radius 2 is 1.92 bits per heavy atom. The Hall–Kier alpha value is -0.110. The molecule has 0 saturated heterocycles. The van der Waals surface area contributed by atoms with Crippen LogP contribution in [0.3, 0.4) is 0 Å². The van der Waals surface area contributed by atoms with E-state index in [9.17, 15) is 0 Å². The van der Waals surface area contributed by atoms with Gasteiger partial charge in [0.1, 0.15) is 0 Å². The normalized spacial score (nSPS) is 10.4. The monoisotopic (exact) mass is 187 g/mol. The highest BCUT2D eigenvalue weighted by Crippen LogP contribution is 2.04. The van der Waals surface area contributed by atoms with E-state index in [1.165, 1.54) is 19.3 Å². The number of hydrogen-bond donors (Lipinski definition) is 0. The predicted octanol–water partition coefficient (Wildman–Crippen LogP) is 3.09. The van der Waals surface area contributed by atoms with E-state index in [1.54, 1.807) is 0 Å². The minimum atomic E-state index is 0.506. The van der Waals surface area contributed by atoms with Gasteiger partial charge in [-0.1, -0.05) is 45.8 Å². The van der Waals surface area contributed by atoms with Crippen molar-refractivity contribution in [2.45, 2.75) is 40.0 Å². The van der Waals surface area contributed by atoms with Crippen LogP contribution in [0.5, 0.6) is 0 Å². The molecule has 0 aliphatic carbocycles. The molecule has 0 unspecified atom stereocenters. The van der Waals surface area contributed by atoms with Crippen molar-refractivity contribution in [2.75, 3.05) is 13.6 Å². The highest BCUT2D eigenvalue weighted by atomic mass is 32.1. The van der Waals surface area contributed by atoms with Crippen LogP contribution in [0.2, 0.25) is 0 Å². The molecular weight excluding hydrogens is 166 g/mol. The van der Waals surface area contributed by atoms with E-state index in [1.807, 2.05) is 0 Å². The minimum absolute atomic E-state index is 0.506. The minimum Gasteiger partial charge on any atom is -0.369 e. The van der Waals surface area contributed by atoms with Gasteiger partial charge in [-0.2, -0.15) is 0 Å². The molecule has 0 aliphatic rings. The molecule has 2 heteroatoms. The van der Waals surface area contributed by atoms with Crippen molar-refractivity contribution in [3.63, 3.8) is 0 Å². The molecule has 0 spiro atoms. The molecule has 0 aromatic carbocycles. The van der Waals surface area contributed by atoms with Crippen molar-refractivity contribution in [3.8, 4) is 0 Å². The molecule has 0 aromatic rings. The number of thiocarbonyl (C=S) groups is 1. The molecule has 0 radical (unpaired) electrons. The van der Waals surface area contributed by atoms with Crippen LogP contribution in [0.25, 0.3) is 0 Å². The summed E-state index contributed by atoms with van der Waals surface area (Å²) >= 11 is 5.28. The summed E-state index contributed by atoms with van der Waals surface area (Å²) in [5.41, 5.74) is 0. The van der Waals surface area contributed by atoms with Crippen LogP contribution >= 0.6 is 12.2 Å². The lowest BCUT2D eigenvalue weighted by Gasteiger charge is -2.22. The van der Waals surface area contributed by atoms with Crippen molar-refractivity contribution in [1.82, 2.24) is 4.90 Å². The first-order valence-electron chi connectivity index (χ1n) is 4.84. The Balaban J connectivity index is 3.57. The quantitative estimate of drug-likeness (QED) is 0.480. The molecule has 0 saturated carbocycles. The first-order chi connectivity index (χ1) is 5.59. The van der Waals surface area contributed by atoms with Gasteiger partial charge in [0.15, 0.2) is 0 Å². The van der Waals surface area contributed by atoms with Crippen molar-refractivity contribution < 1.29 is 0 Å². The third-order valence-corrected chi connectivity index (χ3v) is 2.75. The number of unbranched alkanes of at least 4 members (excludes halogenated alkanes) is 2. The van der Waals surface area contributed by atoms with Crippen LogP contribution in [-0.4, -0.2) is 23.5 Å². The van der Waals surface area contributed by atoms with Gasteiger partial charge in [-0.25, -0.2) is 0 Å². The SMILES string of the molecule is CCCCCN(C)C(=S)C(C)C. The summed E-state index contributed by atoms with van der Waals surface area (Å²) < 4.78 is 0.